The summed E-state index contributed by atoms with van der Waals surface area (Å²) in [5.74, 6) is -0.0620. The van der Waals surface area contributed by atoms with E-state index in [1.165, 1.54) is 11.0 Å². The lowest BCUT2D eigenvalue weighted by atomic mass is 10.2. The van der Waals surface area contributed by atoms with Gasteiger partial charge in [-0.2, -0.15) is 0 Å². The molecule has 0 radical (unpaired) electrons. The molecule has 100 valence electrons. The van der Waals surface area contributed by atoms with Gasteiger partial charge in [-0.15, -0.1) is 0 Å². The highest BCUT2D eigenvalue weighted by Crippen LogP contribution is 2.28. The van der Waals surface area contributed by atoms with Crippen molar-refractivity contribution in [2.24, 2.45) is 0 Å². The van der Waals surface area contributed by atoms with E-state index in [1.807, 2.05) is 0 Å². The topological polar surface area (TPSA) is 71.5 Å². The standard InChI is InChI=1S/C13H15N3O3/c1-3-19-12(18)8-9-7-11(17)16(2)13-10(15-9)5-4-6-14-13/h4-6,8,15H,3,7H2,1-2H3/b9-8-. The summed E-state index contributed by atoms with van der Waals surface area (Å²) in [5.41, 5.74) is 1.19. The average molecular weight is 261 g/mol. The molecule has 0 aliphatic carbocycles. The van der Waals surface area contributed by atoms with Crippen molar-refractivity contribution in [1.29, 1.82) is 0 Å². The first kappa shape index (κ1) is 13.1. The van der Waals surface area contributed by atoms with Crippen LogP contribution in [0.5, 0.6) is 0 Å². The van der Waals surface area contributed by atoms with Crippen LogP contribution in [0.15, 0.2) is 30.1 Å². The van der Waals surface area contributed by atoms with Crippen LogP contribution in [0.4, 0.5) is 11.5 Å². The Morgan fingerprint density at radius 2 is 2.42 bits per heavy atom. The quantitative estimate of drug-likeness (QED) is 0.642. The first-order valence-electron chi connectivity index (χ1n) is 5.97. The lowest BCUT2D eigenvalue weighted by Crippen LogP contribution is -2.25. The predicted octanol–water partition coefficient (Wildman–Crippen LogP) is 1.31. The van der Waals surface area contributed by atoms with Crippen LogP contribution < -0.4 is 10.2 Å². The van der Waals surface area contributed by atoms with Crippen LogP contribution in [-0.2, 0) is 14.3 Å². The fourth-order valence-electron chi connectivity index (χ4n) is 1.79. The van der Waals surface area contributed by atoms with Crippen molar-refractivity contribution in [3.8, 4) is 0 Å². The number of anilines is 2. The zero-order chi connectivity index (χ0) is 13.8. The number of amides is 1. The molecule has 6 heteroatoms. The molecule has 1 aromatic rings. The molecule has 0 fully saturated rings. The maximum Gasteiger partial charge on any atom is 0.332 e. The maximum absolute atomic E-state index is 12.0. The molecule has 19 heavy (non-hydrogen) atoms. The number of aromatic nitrogens is 1. The fourth-order valence-corrected chi connectivity index (χ4v) is 1.79. The van der Waals surface area contributed by atoms with Gasteiger partial charge in [-0.3, -0.25) is 9.69 Å². The van der Waals surface area contributed by atoms with E-state index in [4.69, 9.17) is 4.74 Å². The van der Waals surface area contributed by atoms with Crippen LogP contribution in [0.3, 0.4) is 0 Å². The summed E-state index contributed by atoms with van der Waals surface area (Å²) in [5, 5.41) is 3.04. The normalized spacial score (nSPS) is 16.6. The number of pyridine rings is 1. The van der Waals surface area contributed by atoms with Gasteiger partial charge in [0.2, 0.25) is 5.91 Å². The van der Waals surface area contributed by atoms with Gasteiger partial charge in [0.25, 0.3) is 0 Å². The van der Waals surface area contributed by atoms with Gasteiger partial charge in [0.15, 0.2) is 5.82 Å². The Morgan fingerprint density at radius 1 is 1.63 bits per heavy atom. The Kier molecular flexibility index (Phi) is 3.79. The number of esters is 1. The third-order valence-corrected chi connectivity index (χ3v) is 2.69. The number of nitrogens with one attached hydrogen (secondary N) is 1. The lowest BCUT2D eigenvalue weighted by Gasteiger charge is -2.14. The number of fused-ring (bicyclic) bond motifs is 1. The van der Waals surface area contributed by atoms with Crippen molar-refractivity contribution < 1.29 is 14.3 Å². The molecule has 0 aromatic carbocycles. The molecule has 2 rings (SSSR count). The third-order valence-electron chi connectivity index (χ3n) is 2.69. The summed E-state index contributed by atoms with van der Waals surface area (Å²) < 4.78 is 4.84. The van der Waals surface area contributed by atoms with Crippen molar-refractivity contribution >= 4 is 23.4 Å². The Labute approximate surface area is 111 Å². The molecule has 1 N–H and O–H groups in total. The third kappa shape index (κ3) is 2.90. The first-order chi connectivity index (χ1) is 9.11. The molecular weight excluding hydrogens is 246 g/mol. The van der Waals surface area contributed by atoms with Crippen LogP contribution in [0.2, 0.25) is 0 Å². The molecule has 1 amide bonds. The number of carbonyl (C=O) groups is 2. The summed E-state index contributed by atoms with van der Waals surface area (Å²) in [7, 11) is 1.66. The molecular formula is C13H15N3O3. The Morgan fingerprint density at radius 3 is 3.16 bits per heavy atom. The van der Waals surface area contributed by atoms with Gasteiger partial charge in [0.1, 0.15) is 0 Å². The molecule has 1 aliphatic heterocycles. The second kappa shape index (κ2) is 5.51. The van der Waals surface area contributed by atoms with E-state index >= 15 is 0 Å². The molecule has 0 saturated heterocycles. The minimum absolute atomic E-state index is 0.103. The zero-order valence-corrected chi connectivity index (χ0v) is 10.8. The number of hydrogen-bond acceptors (Lipinski definition) is 5. The van der Waals surface area contributed by atoms with Gasteiger partial charge >= 0.3 is 5.97 Å². The summed E-state index contributed by atoms with van der Waals surface area (Å²) in [6.45, 7) is 2.03. The van der Waals surface area contributed by atoms with Crippen molar-refractivity contribution in [2.45, 2.75) is 13.3 Å². The Hall–Kier alpha value is -2.37. The van der Waals surface area contributed by atoms with E-state index in [0.717, 1.165) is 0 Å². The summed E-state index contributed by atoms with van der Waals surface area (Å²) >= 11 is 0. The number of nitrogens with zero attached hydrogens (tertiary/aromatic N) is 2. The minimum Gasteiger partial charge on any atom is -0.463 e. The van der Waals surface area contributed by atoms with Crippen LogP contribution in [0.25, 0.3) is 0 Å². The Bertz CT molecular complexity index is 540. The number of rotatable bonds is 2. The van der Waals surface area contributed by atoms with E-state index in [1.54, 1.807) is 32.3 Å². The molecule has 1 aromatic heterocycles. The van der Waals surface area contributed by atoms with E-state index in [2.05, 4.69) is 10.3 Å². The highest BCUT2D eigenvalue weighted by Gasteiger charge is 2.22. The lowest BCUT2D eigenvalue weighted by molar-refractivity contribution is -0.137. The molecule has 6 nitrogen and oxygen atoms in total. The van der Waals surface area contributed by atoms with E-state index < -0.39 is 5.97 Å². The molecule has 0 saturated carbocycles. The molecule has 2 heterocycles. The van der Waals surface area contributed by atoms with Crippen LogP contribution >= 0.6 is 0 Å². The van der Waals surface area contributed by atoms with Crippen LogP contribution in [-0.4, -0.2) is 30.5 Å². The Balaban J connectivity index is 2.32. The van der Waals surface area contributed by atoms with Crippen molar-refractivity contribution in [1.82, 2.24) is 4.98 Å². The predicted molar refractivity (Wildman–Crippen MR) is 70.6 cm³/mol. The van der Waals surface area contributed by atoms with Gasteiger partial charge < -0.3 is 10.1 Å². The molecule has 1 aliphatic rings. The van der Waals surface area contributed by atoms with E-state index in [-0.39, 0.29) is 12.3 Å². The molecule has 0 bridgehead atoms. The number of hydrogen-bond donors (Lipinski definition) is 1. The van der Waals surface area contributed by atoms with Crippen molar-refractivity contribution in [2.75, 3.05) is 23.9 Å². The number of carbonyl (C=O) groups excluding carboxylic acids is 2. The zero-order valence-electron chi connectivity index (χ0n) is 10.8. The fraction of sp³-hybridized carbons (Fsp3) is 0.308. The second-order valence-corrected chi connectivity index (χ2v) is 4.05. The highest BCUT2D eigenvalue weighted by molar-refractivity contribution is 5.99. The van der Waals surface area contributed by atoms with E-state index in [0.29, 0.717) is 23.8 Å². The van der Waals surface area contributed by atoms with Crippen LogP contribution in [0, 0.1) is 0 Å². The molecule has 0 unspecified atom stereocenters. The van der Waals surface area contributed by atoms with Gasteiger partial charge in [0, 0.05) is 25.0 Å². The second-order valence-electron chi connectivity index (χ2n) is 4.05. The van der Waals surface area contributed by atoms with Gasteiger partial charge in [-0.05, 0) is 19.1 Å². The summed E-state index contributed by atoms with van der Waals surface area (Å²) in [6.07, 6.45) is 3.02. The molecule has 0 spiro atoms. The van der Waals surface area contributed by atoms with Gasteiger partial charge in [-0.1, -0.05) is 0 Å². The monoisotopic (exact) mass is 261 g/mol. The minimum atomic E-state index is -0.465. The van der Waals surface area contributed by atoms with Crippen LogP contribution in [0.1, 0.15) is 13.3 Å². The summed E-state index contributed by atoms with van der Waals surface area (Å²) in [4.78, 5) is 29.1. The SMILES string of the molecule is CCOC(=O)/C=C1/CC(=O)N(C)c2ncccc2N1. The summed E-state index contributed by atoms with van der Waals surface area (Å²) in [6, 6.07) is 3.56. The van der Waals surface area contributed by atoms with Gasteiger partial charge in [0.05, 0.1) is 18.7 Å². The smallest absolute Gasteiger partial charge is 0.332 e. The largest absolute Gasteiger partial charge is 0.463 e. The van der Waals surface area contributed by atoms with Crippen molar-refractivity contribution in [3.63, 3.8) is 0 Å². The molecule has 0 atom stereocenters. The number of ether oxygens (including phenoxy) is 1. The first-order valence-corrected chi connectivity index (χ1v) is 5.97. The van der Waals surface area contributed by atoms with Crippen molar-refractivity contribution in [3.05, 3.63) is 30.1 Å². The maximum atomic E-state index is 12.0. The van der Waals surface area contributed by atoms with Gasteiger partial charge in [-0.25, -0.2) is 9.78 Å². The average Bonchev–Trinajstić information content (AvgIpc) is 2.48. The van der Waals surface area contributed by atoms with E-state index in [9.17, 15) is 9.59 Å². The highest BCUT2D eigenvalue weighted by atomic mass is 16.5.